The summed E-state index contributed by atoms with van der Waals surface area (Å²) in [6.07, 6.45) is 0. The Hall–Kier alpha value is -3.15. The van der Waals surface area contributed by atoms with Crippen molar-refractivity contribution in [3.8, 4) is 5.75 Å². The SMILES string of the molecule is O=C(O)CS(=O)(=O)c1cc(NS(=O)(=O)c2cc3ccccc3s2)c2ccccc2c1O. The zero-order chi connectivity index (χ0) is 22.4. The number of carboxylic acid groups (broad SMARTS) is 1. The van der Waals surface area contributed by atoms with Crippen molar-refractivity contribution in [2.75, 3.05) is 10.5 Å². The topological polar surface area (TPSA) is 138 Å². The molecule has 0 fully saturated rings. The summed E-state index contributed by atoms with van der Waals surface area (Å²) in [6, 6.07) is 15.7. The molecule has 1 aromatic heterocycles. The third-order valence-electron chi connectivity index (χ3n) is 4.54. The predicted molar refractivity (Wildman–Crippen MR) is 118 cm³/mol. The maximum atomic E-state index is 13.0. The number of phenols is 1. The number of fused-ring (bicyclic) bond motifs is 2. The first-order chi connectivity index (χ1) is 14.6. The van der Waals surface area contributed by atoms with Crippen LogP contribution in [-0.4, -0.2) is 38.8 Å². The first-order valence-corrected chi connectivity index (χ1v) is 12.7. The lowest BCUT2D eigenvalue weighted by Gasteiger charge is -2.14. The maximum Gasteiger partial charge on any atom is 0.319 e. The molecule has 31 heavy (non-hydrogen) atoms. The zero-order valence-electron chi connectivity index (χ0n) is 15.6. The summed E-state index contributed by atoms with van der Waals surface area (Å²) in [5.41, 5.74) is -0.0881. The molecule has 8 nitrogen and oxygen atoms in total. The van der Waals surface area contributed by atoms with Crippen LogP contribution in [0, 0.1) is 0 Å². The lowest BCUT2D eigenvalue weighted by Crippen LogP contribution is -2.17. The lowest BCUT2D eigenvalue weighted by atomic mass is 10.1. The van der Waals surface area contributed by atoms with E-state index in [1.807, 2.05) is 0 Å². The monoisotopic (exact) mass is 477 g/mol. The van der Waals surface area contributed by atoms with Crippen molar-refractivity contribution in [3.63, 3.8) is 0 Å². The van der Waals surface area contributed by atoms with Crippen molar-refractivity contribution >= 4 is 63.7 Å². The Morgan fingerprint density at radius 3 is 2.26 bits per heavy atom. The van der Waals surface area contributed by atoms with E-state index < -0.39 is 42.2 Å². The van der Waals surface area contributed by atoms with Crippen molar-refractivity contribution in [1.29, 1.82) is 0 Å². The van der Waals surface area contributed by atoms with Gasteiger partial charge in [-0.1, -0.05) is 42.5 Å². The van der Waals surface area contributed by atoms with E-state index in [1.54, 1.807) is 36.4 Å². The summed E-state index contributed by atoms with van der Waals surface area (Å²) in [6.45, 7) is 0. The molecule has 4 aromatic rings. The molecule has 0 atom stereocenters. The maximum absolute atomic E-state index is 13.0. The van der Waals surface area contributed by atoms with Gasteiger partial charge >= 0.3 is 5.97 Å². The number of phenolic OH excluding ortho intramolecular Hbond substituents is 1. The van der Waals surface area contributed by atoms with E-state index in [0.717, 1.165) is 27.5 Å². The second kappa shape index (κ2) is 7.52. The molecule has 4 rings (SSSR count). The van der Waals surface area contributed by atoms with Gasteiger partial charge in [0.1, 0.15) is 14.9 Å². The Kier molecular flexibility index (Phi) is 5.12. The van der Waals surface area contributed by atoms with Gasteiger partial charge in [-0.25, -0.2) is 16.8 Å². The molecule has 0 radical (unpaired) electrons. The second-order valence-electron chi connectivity index (χ2n) is 6.68. The van der Waals surface area contributed by atoms with E-state index in [9.17, 15) is 26.7 Å². The van der Waals surface area contributed by atoms with Gasteiger partial charge in [-0.2, -0.15) is 0 Å². The number of rotatable bonds is 6. The predicted octanol–water partition coefficient (Wildman–Crippen LogP) is 3.42. The summed E-state index contributed by atoms with van der Waals surface area (Å²) in [7, 11) is -8.52. The fourth-order valence-corrected chi connectivity index (χ4v) is 6.83. The third kappa shape index (κ3) is 3.94. The van der Waals surface area contributed by atoms with E-state index >= 15 is 0 Å². The highest BCUT2D eigenvalue weighted by molar-refractivity contribution is 7.95. The number of anilines is 1. The van der Waals surface area contributed by atoms with E-state index in [2.05, 4.69) is 4.72 Å². The smallest absolute Gasteiger partial charge is 0.319 e. The molecule has 0 spiro atoms. The van der Waals surface area contributed by atoms with Crippen molar-refractivity contribution in [3.05, 3.63) is 60.7 Å². The number of nitrogens with one attached hydrogen (secondary N) is 1. The van der Waals surface area contributed by atoms with Crippen LogP contribution in [-0.2, 0) is 24.7 Å². The number of aliphatic carboxylic acids is 1. The van der Waals surface area contributed by atoms with Gasteiger partial charge in [-0.05, 0) is 23.6 Å². The third-order valence-corrected chi connectivity index (χ3v) is 9.11. The molecular weight excluding hydrogens is 462 g/mol. The van der Waals surface area contributed by atoms with Gasteiger partial charge in [0.15, 0.2) is 15.6 Å². The summed E-state index contributed by atoms with van der Waals surface area (Å²) in [5, 5.41) is 20.5. The van der Waals surface area contributed by atoms with Gasteiger partial charge in [-0.15, -0.1) is 11.3 Å². The summed E-state index contributed by atoms with van der Waals surface area (Å²) >= 11 is 1.05. The Labute approximate surface area is 181 Å². The summed E-state index contributed by atoms with van der Waals surface area (Å²) in [5.74, 6) is -3.48. The minimum atomic E-state index is -4.43. The van der Waals surface area contributed by atoms with Crippen LogP contribution in [0.5, 0.6) is 5.75 Å². The fraction of sp³-hybridized carbons (Fsp3) is 0.0500. The number of benzene rings is 3. The highest BCUT2D eigenvalue weighted by atomic mass is 32.2. The Bertz CT molecular complexity index is 1520. The normalized spacial score (nSPS) is 12.3. The summed E-state index contributed by atoms with van der Waals surface area (Å²) in [4.78, 5) is 10.3. The molecular formula is C20H15NO7S3. The number of carboxylic acids is 1. The Balaban J connectivity index is 1.88. The molecule has 0 amide bonds. The average molecular weight is 478 g/mol. The number of carbonyl (C=O) groups is 1. The van der Waals surface area contributed by atoms with E-state index in [1.165, 1.54) is 18.2 Å². The minimum Gasteiger partial charge on any atom is -0.506 e. The number of hydrogen-bond donors (Lipinski definition) is 3. The highest BCUT2D eigenvalue weighted by Gasteiger charge is 2.27. The van der Waals surface area contributed by atoms with E-state index in [0.29, 0.717) is 0 Å². The second-order valence-corrected chi connectivity index (χ2v) is 11.6. The Morgan fingerprint density at radius 2 is 1.58 bits per heavy atom. The Morgan fingerprint density at radius 1 is 0.935 bits per heavy atom. The molecule has 0 unspecified atom stereocenters. The quantitative estimate of drug-likeness (QED) is 0.362. The molecule has 0 saturated carbocycles. The number of thiophene rings is 1. The van der Waals surface area contributed by atoms with Crippen LogP contribution >= 0.6 is 11.3 Å². The van der Waals surface area contributed by atoms with Crippen LogP contribution in [0.15, 0.2) is 69.8 Å². The van der Waals surface area contributed by atoms with E-state index in [4.69, 9.17) is 5.11 Å². The van der Waals surface area contributed by atoms with Crippen LogP contribution in [0.4, 0.5) is 5.69 Å². The fourth-order valence-electron chi connectivity index (χ4n) is 3.18. The first kappa shape index (κ1) is 21.1. The molecule has 0 aliphatic rings. The van der Waals surface area contributed by atoms with Crippen LogP contribution in [0.25, 0.3) is 20.9 Å². The number of hydrogen-bond acceptors (Lipinski definition) is 7. The minimum absolute atomic E-state index is 0.0285. The molecule has 160 valence electrons. The molecule has 1 heterocycles. The molecule has 3 N–H and O–H groups in total. The van der Waals surface area contributed by atoms with Crippen LogP contribution in [0.1, 0.15) is 0 Å². The highest BCUT2D eigenvalue weighted by Crippen LogP contribution is 2.39. The standard InChI is InChI=1S/C20H15NO7S3/c22-18(23)11-30(25,26)17-10-15(13-6-2-3-7-14(13)20(17)24)21-31(27,28)19-9-12-5-1-4-8-16(12)29-19/h1-10,21,24H,11H2,(H,22,23). The number of aromatic hydroxyl groups is 1. The molecule has 0 aliphatic heterocycles. The first-order valence-electron chi connectivity index (χ1n) is 8.79. The largest absolute Gasteiger partial charge is 0.506 e. The number of sulfone groups is 1. The van der Waals surface area contributed by atoms with Gasteiger partial charge in [0.25, 0.3) is 10.0 Å². The molecule has 0 aliphatic carbocycles. The van der Waals surface area contributed by atoms with Gasteiger partial charge in [0, 0.05) is 15.5 Å². The van der Waals surface area contributed by atoms with Gasteiger partial charge < -0.3 is 10.2 Å². The van der Waals surface area contributed by atoms with Crippen LogP contribution < -0.4 is 4.72 Å². The number of sulfonamides is 1. The molecule has 0 bridgehead atoms. The van der Waals surface area contributed by atoms with Crippen LogP contribution in [0.2, 0.25) is 0 Å². The lowest BCUT2D eigenvalue weighted by molar-refractivity contribution is -0.134. The summed E-state index contributed by atoms with van der Waals surface area (Å²) < 4.78 is 54.2. The molecule has 11 heteroatoms. The van der Waals surface area contributed by atoms with Gasteiger partial charge in [-0.3, -0.25) is 9.52 Å². The molecule has 0 saturated heterocycles. The average Bonchev–Trinajstić information content (AvgIpc) is 3.14. The van der Waals surface area contributed by atoms with Crippen molar-refractivity contribution in [2.45, 2.75) is 9.10 Å². The zero-order valence-corrected chi connectivity index (χ0v) is 18.1. The van der Waals surface area contributed by atoms with E-state index in [-0.39, 0.29) is 20.7 Å². The van der Waals surface area contributed by atoms with Crippen molar-refractivity contribution < 1.29 is 31.8 Å². The van der Waals surface area contributed by atoms with Gasteiger partial charge in [0.2, 0.25) is 0 Å². The molecule has 3 aromatic carbocycles. The van der Waals surface area contributed by atoms with Crippen LogP contribution in [0.3, 0.4) is 0 Å². The van der Waals surface area contributed by atoms with Crippen molar-refractivity contribution in [2.24, 2.45) is 0 Å². The van der Waals surface area contributed by atoms with Crippen molar-refractivity contribution in [1.82, 2.24) is 0 Å². The van der Waals surface area contributed by atoms with Gasteiger partial charge in [0.05, 0.1) is 5.69 Å².